The lowest BCUT2D eigenvalue weighted by molar-refractivity contribution is -0.121. The quantitative estimate of drug-likeness (QED) is 0.836. The maximum atomic E-state index is 11.9. The maximum absolute atomic E-state index is 11.9. The van der Waals surface area contributed by atoms with Crippen LogP contribution >= 0.6 is 15.9 Å². The Balaban J connectivity index is 1.48. The lowest BCUT2D eigenvalue weighted by Crippen LogP contribution is -2.31. The molecule has 1 aliphatic heterocycles. The second kappa shape index (κ2) is 7.75. The number of benzene rings is 1. The van der Waals surface area contributed by atoms with Gasteiger partial charge in [0.15, 0.2) is 11.7 Å². The van der Waals surface area contributed by atoms with E-state index in [1.165, 1.54) is 0 Å². The predicted octanol–water partition coefficient (Wildman–Crippen LogP) is 3.33. The molecule has 6 heteroatoms. The smallest absolute Gasteiger partial charge is 0.220 e. The fraction of sp³-hybridized carbons (Fsp3) is 0.412. The molecule has 1 saturated heterocycles. The maximum Gasteiger partial charge on any atom is 0.220 e. The van der Waals surface area contributed by atoms with Crippen LogP contribution in [0.5, 0.6) is 0 Å². The zero-order valence-corrected chi connectivity index (χ0v) is 14.3. The summed E-state index contributed by atoms with van der Waals surface area (Å²) in [5.41, 5.74) is 0.959. The number of carbonyl (C=O) groups is 1. The average Bonchev–Trinajstić information content (AvgIpc) is 3.22. The van der Waals surface area contributed by atoms with Crippen LogP contribution in [0.1, 0.15) is 25.2 Å². The zero-order valence-electron chi connectivity index (χ0n) is 12.8. The van der Waals surface area contributed by atoms with Gasteiger partial charge in [0.05, 0.1) is 12.3 Å². The van der Waals surface area contributed by atoms with Crippen molar-refractivity contribution in [2.45, 2.75) is 31.8 Å². The Bertz CT molecular complexity index is 665. The van der Waals surface area contributed by atoms with E-state index in [0.717, 1.165) is 29.5 Å². The van der Waals surface area contributed by atoms with E-state index in [2.05, 4.69) is 26.2 Å². The molecular formula is C17H19BrN2O3. The van der Waals surface area contributed by atoms with Gasteiger partial charge in [-0.2, -0.15) is 0 Å². The number of hydrogen-bond donors (Lipinski definition) is 1. The highest BCUT2D eigenvalue weighted by Gasteiger charge is 2.16. The number of aryl methyl sites for hydroxylation is 1. The van der Waals surface area contributed by atoms with E-state index in [1.807, 2.05) is 24.3 Å². The molecule has 2 heterocycles. The van der Waals surface area contributed by atoms with Crippen molar-refractivity contribution < 1.29 is 13.9 Å². The van der Waals surface area contributed by atoms with Crippen LogP contribution in [0.3, 0.4) is 0 Å². The molecule has 1 unspecified atom stereocenters. The number of carbonyl (C=O) groups excluding carboxylic acids is 1. The van der Waals surface area contributed by atoms with E-state index < -0.39 is 0 Å². The molecule has 122 valence electrons. The normalized spacial score (nSPS) is 17.3. The Labute approximate surface area is 143 Å². The summed E-state index contributed by atoms with van der Waals surface area (Å²) in [6.07, 6.45) is 4.83. The molecule has 0 bridgehead atoms. The van der Waals surface area contributed by atoms with E-state index in [1.54, 1.807) is 6.20 Å². The number of nitrogens with zero attached hydrogens (tertiary/aromatic N) is 1. The molecule has 0 spiro atoms. The second-order valence-electron chi connectivity index (χ2n) is 5.57. The minimum absolute atomic E-state index is 0.00251. The molecule has 1 aliphatic rings. The van der Waals surface area contributed by atoms with Crippen molar-refractivity contribution in [3.63, 3.8) is 0 Å². The SMILES string of the molecule is O=C(CCc1ncc(-c2cccc(Br)c2)o1)NCC1CCCO1. The molecule has 0 radical (unpaired) electrons. The summed E-state index contributed by atoms with van der Waals surface area (Å²) in [6, 6.07) is 7.83. The summed E-state index contributed by atoms with van der Waals surface area (Å²) in [7, 11) is 0. The van der Waals surface area contributed by atoms with Gasteiger partial charge < -0.3 is 14.5 Å². The monoisotopic (exact) mass is 378 g/mol. The molecule has 3 rings (SSSR count). The Morgan fingerprint density at radius 2 is 2.35 bits per heavy atom. The number of hydrogen-bond acceptors (Lipinski definition) is 4. The molecule has 0 aliphatic carbocycles. The van der Waals surface area contributed by atoms with E-state index >= 15 is 0 Å². The lowest BCUT2D eigenvalue weighted by atomic mass is 10.2. The topological polar surface area (TPSA) is 64.4 Å². The average molecular weight is 379 g/mol. The van der Waals surface area contributed by atoms with Crippen LogP contribution in [0.15, 0.2) is 39.4 Å². The van der Waals surface area contributed by atoms with Gasteiger partial charge in [-0.1, -0.05) is 28.1 Å². The highest BCUT2D eigenvalue weighted by molar-refractivity contribution is 9.10. The number of aromatic nitrogens is 1. The van der Waals surface area contributed by atoms with Crippen LogP contribution in [0, 0.1) is 0 Å². The second-order valence-corrected chi connectivity index (χ2v) is 6.48. The minimum atomic E-state index is 0.00251. The zero-order chi connectivity index (χ0) is 16.1. The molecular weight excluding hydrogens is 360 g/mol. The van der Waals surface area contributed by atoms with E-state index in [9.17, 15) is 4.79 Å². The predicted molar refractivity (Wildman–Crippen MR) is 89.9 cm³/mol. The molecule has 1 fully saturated rings. The Kier molecular flexibility index (Phi) is 5.46. The van der Waals surface area contributed by atoms with Crippen LogP contribution in [0.2, 0.25) is 0 Å². The van der Waals surface area contributed by atoms with Gasteiger partial charge in [-0.25, -0.2) is 4.98 Å². The molecule has 1 aromatic heterocycles. The first-order valence-corrected chi connectivity index (χ1v) is 8.59. The van der Waals surface area contributed by atoms with Crippen LogP contribution in [-0.4, -0.2) is 30.1 Å². The van der Waals surface area contributed by atoms with Gasteiger partial charge in [0.2, 0.25) is 5.91 Å². The summed E-state index contributed by atoms with van der Waals surface area (Å²) in [6.45, 7) is 1.39. The minimum Gasteiger partial charge on any atom is -0.441 e. The largest absolute Gasteiger partial charge is 0.441 e. The van der Waals surface area contributed by atoms with E-state index in [4.69, 9.17) is 9.15 Å². The fourth-order valence-corrected chi connectivity index (χ4v) is 2.94. The number of halogens is 1. The molecule has 5 nitrogen and oxygen atoms in total. The number of ether oxygens (including phenoxy) is 1. The summed E-state index contributed by atoms with van der Waals surface area (Å²) in [5, 5.41) is 2.90. The Hall–Kier alpha value is -1.66. The van der Waals surface area contributed by atoms with Crippen molar-refractivity contribution in [3.05, 3.63) is 40.8 Å². The third-order valence-corrected chi connectivity index (χ3v) is 4.27. The summed E-state index contributed by atoms with van der Waals surface area (Å²) < 4.78 is 12.2. The Morgan fingerprint density at radius 1 is 1.43 bits per heavy atom. The van der Waals surface area contributed by atoms with E-state index in [0.29, 0.717) is 31.0 Å². The Morgan fingerprint density at radius 3 is 3.13 bits per heavy atom. The lowest BCUT2D eigenvalue weighted by Gasteiger charge is -2.10. The van der Waals surface area contributed by atoms with Gasteiger partial charge in [-0.3, -0.25) is 4.79 Å². The third kappa shape index (κ3) is 4.65. The number of nitrogens with one attached hydrogen (secondary N) is 1. The highest BCUT2D eigenvalue weighted by Crippen LogP contribution is 2.24. The molecule has 1 amide bonds. The molecule has 23 heavy (non-hydrogen) atoms. The first-order valence-electron chi connectivity index (χ1n) is 7.79. The fourth-order valence-electron chi connectivity index (χ4n) is 2.54. The van der Waals surface area contributed by atoms with E-state index in [-0.39, 0.29) is 12.0 Å². The number of rotatable bonds is 6. The summed E-state index contributed by atoms with van der Waals surface area (Å²) >= 11 is 3.44. The van der Waals surface area contributed by atoms with Crippen LogP contribution < -0.4 is 5.32 Å². The van der Waals surface area contributed by atoms with Crippen LogP contribution in [0.25, 0.3) is 11.3 Å². The summed E-state index contributed by atoms with van der Waals surface area (Å²) in [5.74, 6) is 1.29. The van der Waals surface area contributed by atoms with Crippen molar-refractivity contribution in [3.8, 4) is 11.3 Å². The van der Waals surface area contributed by atoms with Gasteiger partial charge >= 0.3 is 0 Å². The standard InChI is InChI=1S/C17H19BrN2O3/c18-13-4-1-3-12(9-13)15-11-20-17(23-15)7-6-16(21)19-10-14-5-2-8-22-14/h1,3-4,9,11,14H,2,5-8,10H2,(H,19,21). The first-order chi connectivity index (χ1) is 11.2. The van der Waals surface area contributed by atoms with Crippen molar-refractivity contribution in [2.75, 3.05) is 13.2 Å². The van der Waals surface area contributed by atoms with Crippen molar-refractivity contribution >= 4 is 21.8 Å². The first kappa shape index (κ1) is 16.2. The third-order valence-electron chi connectivity index (χ3n) is 3.78. The van der Waals surface area contributed by atoms with Crippen LogP contribution in [-0.2, 0) is 16.0 Å². The van der Waals surface area contributed by atoms with Gasteiger partial charge in [-0.15, -0.1) is 0 Å². The molecule has 1 atom stereocenters. The van der Waals surface area contributed by atoms with Gasteiger partial charge in [-0.05, 0) is 25.0 Å². The van der Waals surface area contributed by atoms with Crippen molar-refractivity contribution in [1.82, 2.24) is 10.3 Å². The van der Waals surface area contributed by atoms with Crippen molar-refractivity contribution in [2.24, 2.45) is 0 Å². The molecule has 1 aromatic carbocycles. The molecule has 1 N–H and O–H groups in total. The highest BCUT2D eigenvalue weighted by atomic mass is 79.9. The number of amides is 1. The molecule has 2 aromatic rings. The van der Waals surface area contributed by atoms with Gasteiger partial charge in [0.1, 0.15) is 0 Å². The van der Waals surface area contributed by atoms with Gasteiger partial charge in [0, 0.05) is 36.0 Å². The van der Waals surface area contributed by atoms with Gasteiger partial charge in [0.25, 0.3) is 0 Å². The number of oxazole rings is 1. The van der Waals surface area contributed by atoms with Crippen molar-refractivity contribution in [1.29, 1.82) is 0 Å². The summed E-state index contributed by atoms with van der Waals surface area (Å²) in [4.78, 5) is 16.1. The molecule has 0 saturated carbocycles. The van der Waals surface area contributed by atoms with Crippen LogP contribution in [0.4, 0.5) is 0 Å².